The molecule has 0 bridgehead atoms. The van der Waals surface area contributed by atoms with Crippen molar-refractivity contribution < 1.29 is 18.7 Å². The molecule has 1 aromatic rings. The van der Waals surface area contributed by atoms with Gasteiger partial charge in [0.2, 0.25) is 0 Å². The lowest BCUT2D eigenvalue weighted by Gasteiger charge is -2.23. The largest absolute Gasteiger partial charge is 0.494 e. The predicted molar refractivity (Wildman–Crippen MR) is 67.9 cm³/mol. The summed E-state index contributed by atoms with van der Waals surface area (Å²) in [5.41, 5.74) is 0.363. The van der Waals surface area contributed by atoms with Crippen molar-refractivity contribution in [2.45, 2.75) is 6.10 Å². The molecule has 19 heavy (non-hydrogen) atoms. The van der Waals surface area contributed by atoms with Crippen LogP contribution in [0, 0.1) is 5.82 Å². The molecule has 1 aliphatic rings. The average molecular weight is 268 g/mol. The Labute approximate surface area is 111 Å². The number of hydrogen-bond acceptors (Lipinski definition) is 4. The standard InChI is InChI=1S/C13H17FN2O3/c1-18-12-6-9(2-3-11(12)14)13(17)16-8-10-7-15-4-5-19-10/h2-3,6,10,15H,4-5,7-8H2,1H3,(H,16,17). The fourth-order valence-corrected chi connectivity index (χ4v) is 1.86. The number of methoxy groups -OCH3 is 1. The molecule has 0 saturated carbocycles. The molecule has 1 aliphatic heterocycles. The zero-order chi connectivity index (χ0) is 13.7. The van der Waals surface area contributed by atoms with Gasteiger partial charge in [-0.3, -0.25) is 4.79 Å². The number of nitrogens with one attached hydrogen (secondary N) is 2. The molecule has 1 aromatic carbocycles. The number of carbonyl (C=O) groups is 1. The molecule has 6 heteroatoms. The van der Waals surface area contributed by atoms with Crippen LogP contribution >= 0.6 is 0 Å². The second-order valence-electron chi connectivity index (χ2n) is 4.26. The lowest BCUT2D eigenvalue weighted by molar-refractivity contribution is 0.0287. The van der Waals surface area contributed by atoms with Gasteiger partial charge in [0.1, 0.15) is 0 Å². The first-order valence-electron chi connectivity index (χ1n) is 6.15. The molecule has 2 N–H and O–H groups in total. The highest BCUT2D eigenvalue weighted by Crippen LogP contribution is 2.18. The lowest BCUT2D eigenvalue weighted by Crippen LogP contribution is -2.45. The first kappa shape index (κ1) is 13.8. The van der Waals surface area contributed by atoms with Crippen LogP contribution in [0.5, 0.6) is 5.75 Å². The third-order valence-electron chi connectivity index (χ3n) is 2.91. The van der Waals surface area contributed by atoms with Crippen molar-refractivity contribution in [1.29, 1.82) is 0 Å². The van der Waals surface area contributed by atoms with Crippen LogP contribution < -0.4 is 15.4 Å². The van der Waals surface area contributed by atoms with Crippen LogP contribution in [0.1, 0.15) is 10.4 Å². The van der Waals surface area contributed by atoms with E-state index in [9.17, 15) is 9.18 Å². The van der Waals surface area contributed by atoms with Crippen molar-refractivity contribution in [3.8, 4) is 5.75 Å². The molecule has 1 atom stereocenters. The zero-order valence-electron chi connectivity index (χ0n) is 10.7. The summed E-state index contributed by atoms with van der Waals surface area (Å²) in [6, 6.07) is 4.02. The minimum Gasteiger partial charge on any atom is -0.494 e. The van der Waals surface area contributed by atoms with Crippen LogP contribution in [0.15, 0.2) is 18.2 Å². The number of rotatable bonds is 4. The van der Waals surface area contributed by atoms with E-state index >= 15 is 0 Å². The Bertz CT molecular complexity index is 448. The Morgan fingerprint density at radius 3 is 3.16 bits per heavy atom. The maximum atomic E-state index is 13.2. The van der Waals surface area contributed by atoms with Crippen LogP contribution in [0.2, 0.25) is 0 Å². The van der Waals surface area contributed by atoms with Gasteiger partial charge in [-0.2, -0.15) is 0 Å². The molecule has 0 radical (unpaired) electrons. The molecule has 2 rings (SSSR count). The number of benzene rings is 1. The van der Waals surface area contributed by atoms with E-state index in [-0.39, 0.29) is 17.8 Å². The van der Waals surface area contributed by atoms with Crippen molar-refractivity contribution in [2.75, 3.05) is 33.4 Å². The van der Waals surface area contributed by atoms with E-state index in [0.717, 1.165) is 6.54 Å². The van der Waals surface area contributed by atoms with E-state index in [4.69, 9.17) is 9.47 Å². The van der Waals surface area contributed by atoms with Crippen molar-refractivity contribution in [2.24, 2.45) is 0 Å². The maximum absolute atomic E-state index is 13.2. The first-order chi connectivity index (χ1) is 9.20. The van der Waals surface area contributed by atoms with E-state index < -0.39 is 5.82 Å². The number of amides is 1. The Balaban J connectivity index is 1.92. The average Bonchev–Trinajstić information content (AvgIpc) is 2.46. The third kappa shape index (κ3) is 3.65. The zero-order valence-corrected chi connectivity index (χ0v) is 10.7. The molecule has 0 spiro atoms. The highest BCUT2D eigenvalue weighted by Gasteiger charge is 2.15. The number of hydrogen-bond donors (Lipinski definition) is 2. The van der Waals surface area contributed by atoms with Gasteiger partial charge in [-0.1, -0.05) is 0 Å². The summed E-state index contributed by atoms with van der Waals surface area (Å²) in [5, 5.41) is 5.94. The number of halogens is 1. The minimum atomic E-state index is -0.487. The summed E-state index contributed by atoms with van der Waals surface area (Å²) in [4.78, 5) is 11.9. The summed E-state index contributed by atoms with van der Waals surface area (Å²) in [7, 11) is 1.36. The van der Waals surface area contributed by atoms with Crippen LogP contribution in [0.25, 0.3) is 0 Å². The minimum absolute atomic E-state index is 0.0277. The van der Waals surface area contributed by atoms with Crippen molar-refractivity contribution in [3.05, 3.63) is 29.6 Å². The Kier molecular flexibility index (Phi) is 4.70. The van der Waals surface area contributed by atoms with Gasteiger partial charge in [-0.25, -0.2) is 4.39 Å². The third-order valence-corrected chi connectivity index (χ3v) is 2.91. The van der Waals surface area contributed by atoms with Crippen LogP contribution in [-0.4, -0.2) is 45.4 Å². The molecule has 0 aromatic heterocycles. The van der Waals surface area contributed by atoms with Gasteiger partial charge >= 0.3 is 0 Å². The molecule has 1 amide bonds. The summed E-state index contributed by atoms with van der Waals surface area (Å²) < 4.78 is 23.5. The molecular weight excluding hydrogens is 251 g/mol. The van der Waals surface area contributed by atoms with Gasteiger partial charge in [-0.15, -0.1) is 0 Å². The normalized spacial score (nSPS) is 18.9. The van der Waals surface area contributed by atoms with E-state index in [0.29, 0.717) is 25.3 Å². The van der Waals surface area contributed by atoms with Crippen LogP contribution in [0.4, 0.5) is 4.39 Å². The van der Waals surface area contributed by atoms with E-state index in [1.165, 1.54) is 25.3 Å². The first-order valence-corrected chi connectivity index (χ1v) is 6.15. The lowest BCUT2D eigenvalue weighted by atomic mass is 10.2. The number of carbonyl (C=O) groups excluding carboxylic acids is 1. The molecular formula is C13H17FN2O3. The topological polar surface area (TPSA) is 59.6 Å². The second kappa shape index (κ2) is 6.49. The Hall–Kier alpha value is -1.66. The summed E-state index contributed by atoms with van der Waals surface area (Å²) >= 11 is 0. The monoisotopic (exact) mass is 268 g/mol. The van der Waals surface area contributed by atoms with Gasteiger partial charge in [0.25, 0.3) is 5.91 Å². The van der Waals surface area contributed by atoms with Gasteiger partial charge in [-0.05, 0) is 18.2 Å². The fraction of sp³-hybridized carbons (Fsp3) is 0.462. The van der Waals surface area contributed by atoms with Crippen LogP contribution in [0.3, 0.4) is 0 Å². The second-order valence-corrected chi connectivity index (χ2v) is 4.26. The smallest absolute Gasteiger partial charge is 0.251 e. The fourth-order valence-electron chi connectivity index (χ4n) is 1.86. The molecule has 104 valence electrons. The summed E-state index contributed by atoms with van der Waals surface area (Å²) in [6.45, 7) is 2.61. The molecule has 1 heterocycles. The highest BCUT2D eigenvalue weighted by molar-refractivity contribution is 5.94. The van der Waals surface area contributed by atoms with Crippen LogP contribution in [-0.2, 0) is 4.74 Å². The maximum Gasteiger partial charge on any atom is 0.251 e. The molecule has 1 unspecified atom stereocenters. The molecule has 5 nitrogen and oxygen atoms in total. The van der Waals surface area contributed by atoms with Gasteiger partial charge in [0.05, 0.1) is 19.8 Å². The molecule has 0 aliphatic carbocycles. The number of morpholine rings is 1. The van der Waals surface area contributed by atoms with Crippen molar-refractivity contribution in [3.63, 3.8) is 0 Å². The van der Waals surface area contributed by atoms with E-state index in [1.54, 1.807) is 0 Å². The summed E-state index contributed by atoms with van der Waals surface area (Å²) in [5.74, 6) is -0.699. The highest BCUT2D eigenvalue weighted by atomic mass is 19.1. The quantitative estimate of drug-likeness (QED) is 0.837. The predicted octanol–water partition coefficient (Wildman–Crippen LogP) is 0.552. The molecule has 1 saturated heterocycles. The SMILES string of the molecule is COc1cc(C(=O)NCC2CNCCO2)ccc1F. The van der Waals surface area contributed by atoms with Gasteiger partial charge < -0.3 is 20.1 Å². The van der Waals surface area contributed by atoms with Gasteiger partial charge in [0.15, 0.2) is 11.6 Å². The Morgan fingerprint density at radius 1 is 1.63 bits per heavy atom. The van der Waals surface area contributed by atoms with Gasteiger partial charge in [0, 0.05) is 25.2 Å². The number of ether oxygens (including phenoxy) is 2. The summed E-state index contributed by atoms with van der Waals surface area (Å²) in [6.07, 6.45) is -0.0277. The van der Waals surface area contributed by atoms with E-state index in [2.05, 4.69) is 10.6 Å². The Morgan fingerprint density at radius 2 is 2.47 bits per heavy atom. The molecule has 1 fully saturated rings. The van der Waals surface area contributed by atoms with Crippen molar-refractivity contribution >= 4 is 5.91 Å². The van der Waals surface area contributed by atoms with Crippen molar-refractivity contribution in [1.82, 2.24) is 10.6 Å². The van der Waals surface area contributed by atoms with E-state index in [1.807, 2.05) is 0 Å².